The molecule has 9 nitrogen and oxygen atoms in total. The first-order valence-corrected chi connectivity index (χ1v) is 10.3. The molecule has 0 aliphatic carbocycles. The number of carbonyl (C=O) groups is 2. The standard InChI is InChI=1S/C22H26N4O5/c1-29-17-5-3-16(4-6-17)26-14-15(13-20(26)27)21(28)25-11-8-18(9-12-25)31-19-7-10-23-22(24-19)30-2/h3-7,10,15,18H,8-9,11-14H2,1-2H3. The van der Waals surface area contributed by atoms with Gasteiger partial charge in [-0.3, -0.25) is 9.59 Å². The Hall–Kier alpha value is -3.36. The van der Waals surface area contributed by atoms with Crippen LogP contribution in [0.5, 0.6) is 17.6 Å². The van der Waals surface area contributed by atoms with Gasteiger partial charge in [0.05, 0.1) is 20.1 Å². The van der Waals surface area contributed by atoms with E-state index in [0.717, 1.165) is 11.4 Å². The maximum atomic E-state index is 13.0. The molecule has 0 spiro atoms. The highest BCUT2D eigenvalue weighted by molar-refractivity contribution is 6.00. The highest BCUT2D eigenvalue weighted by Gasteiger charge is 2.38. The lowest BCUT2D eigenvalue weighted by molar-refractivity contribution is -0.137. The molecule has 9 heteroatoms. The van der Waals surface area contributed by atoms with Crippen LogP contribution in [0.15, 0.2) is 36.5 Å². The van der Waals surface area contributed by atoms with Gasteiger partial charge in [-0.15, -0.1) is 0 Å². The summed E-state index contributed by atoms with van der Waals surface area (Å²) in [6, 6.07) is 9.27. The van der Waals surface area contributed by atoms with Crippen LogP contribution in [0.1, 0.15) is 19.3 Å². The van der Waals surface area contributed by atoms with Gasteiger partial charge in [0, 0.05) is 56.8 Å². The third-order valence-electron chi connectivity index (χ3n) is 5.69. The smallest absolute Gasteiger partial charge is 0.319 e. The zero-order valence-corrected chi connectivity index (χ0v) is 17.7. The first kappa shape index (κ1) is 20.9. The molecular weight excluding hydrogens is 400 g/mol. The Kier molecular flexibility index (Phi) is 6.20. The normalized spacial score (nSPS) is 19.4. The number of hydrogen-bond donors (Lipinski definition) is 0. The summed E-state index contributed by atoms with van der Waals surface area (Å²) in [5.41, 5.74) is 0.786. The molecule has 1 aromatic carbocycles. The first-order valence-electron chi connectivity index (χ1n) is 10.3. The lowest BCUT2D eigenvalue weighted by Crippen LogP contribution is -2.45. The van der Waals surface area contributed by atoms with Crippen LogP contribution in [0.3, 0.4) is 0 Å². The zero-order chi connectivity index (χ0) is 21.8. The number of hydrogen-bond acceptors (Lipinski definition) is 7. The monoisotopic (exact) mass is 426 g/mol. The minimum Gasteiger partial charge on any atom is -0.497 e. The predicted molar refractivity (Wildman–Crippen MR) is 112 cm³/mol. The largest absolute Gasteiger partial charge is 0.497 e. The summed E-state index contributed by atoms with van der Waals surface area (Å²) in [4.78, 5) is 37.2. The van der Waals surface area contributed by atoms with Crippen molar-refractivity contribution in [2.45, 2.75) is 25.4 Å². The van der Waals surface area contributed by atoms with Crippen LogP contribution in [-0.2, 0) is 9.59 Å². The van der Waals surface area contributed by atoms with Crippen LogP contribution in [0.2, 0.25) is 0 Å². The minimum absolute atomic E-state index is 0.0235. The molecule has 0 saturated carbocycles. The molecule has 2 saturated heterocycles. The third kappa shape index (κ3) is 4.70. The molecule has 31 heavy (non-hydrogen) atoms. The molecule has 0 radical (unpaired) electrons. The van der Waals surface area contributed by atoms with Crippen molar-refractivity contribution >= 4 is 17.5 Å². The Morgan fingerprint density at radius 3 is 2.48 bits per heavy atom. The van der Waals surface area contributed by atoms with E-state index in [0.29, 0.717) is 38.4 Å². The van der Waals surface area contributed by atoms with Crippen molar-refractivity contribution in [2.24, 2.45) is 5.92 Å². The van der Waals surface area contributed by atoms with Gasteiger partial charge in [0.15, 0.2) is 0 Å². The van der Waals surface area contributed by atoms with Crippen LogP contribution < -0.4 is 19.1 Å². The topological polar surface area (TPSA) is 94.1 Å². The summed E-state index contributed by atoms with van der Waals surface area (Å²) < 4.78 is 16.1. The average molecular weight is 426 g/mol. The number of benzene rings is 1. The Morgan fingerprint density at radius 2 is 1.81 bits per heavy atom. The molecule has 1 atom stereocenters. The molecule has 0 N–H and O–H groups in total. The van der Waals surface area contributed by atoms with E-state index in [9.17, 15) is 9.59 Å². The summed E-state index contributed by atoms with van der Waals surface area (Å²) in [6.07, 6.45) is 3.22. The molecule has 2 amide bonds. The van der Waals surface area contributed by atoms with E-state index in [1.54, 1.807) is 24.3 Å². The summed E-state index contributed by atoms with van der Waals surface area (Å²) in [7, 11) is 3.11. The number of aromatic nitrogens is 2. The molecule has 0 bridgehead atoms. The Labute approximate surface area is 180 Å². The minimum atomic E-state index is -0.321. The van der Waals surface area contributed by atoms with Gasteiger partial charge >= 0.3 is 6.01 Å². The van der Waals surface area contributed by atoms with Crippen molar-refractivity contribution in [1.82, 2.24) is 14.9 Å². The maximum absolute atomic E-state index is 13.0. The molecular formula is C22H26N4O5. The number of likely N-dealkylation sites (tertiary alicyclic amines) is 1. The van der Waals surface area contributed by atoms with Crippen LogP contribution in [0.25, 0.3) is 0 Å². The van der Waals surface area contributed by atoms with Gasteiger partial charge in [-0.1, -0.05) is 0 Å². The Balaban J connectivity index is 1.30. The summed E-state index contributed by atoms with van der Waals surface area (Å²) in [5.74, 6) is 0.880. The second-order valence-electron chi connectivity index (χ2n) is 7.63. The molecule has 2 fully saturated rings. The van der Waals surface area contributed by atoms with Gasteiger partial charge in [0.1, 0.15) is 11.9 Å². The Morgan fingerprint density at radius 1 is 1.06 bits per heavy atom. The van der Waals surface area contributed by atoms with Gasteiger partial charge < -0.3 is 24.0 Å². The van der Waals surface area contributed by atoms with Crippen LogP contribution in [0.4, 0.5) is 5.69 Å². The number of nitrogens with zero attached hydrogens (tertiary/aromatic N) is 4. The van der Waals surface area contributed by atoms with Crippen molar-refractivity contribution in [1.29, 1.82) is 0 Å². The molecule has 2 aliphatic heterocycles. The number of anilines is 1. The number of amides is 2. The number of carbonyl (C=O) groups excluding carboxylic acids is 2. The summed E-state index contributed by atoms with van der Waals surface area (Å²) >= 11 is 0. The zero-order valence-electron chi connectivity index (χ0n) is 17.7. The van der Waals surface area contributed by atoms with Crippen molar-refractivity contribution in [3.63, 3.8) is 0 Å². The molecule has 1 unspecified atom stereocenters. The average Bonchev–Trinajstić information content (AvgIpc) is 3.21. The summed E-state index contributed by atoms with van der Waals surface area (Å²) in [6.45, 7) is 1.60. The van der Waals surface area contributed by atoms with E-state index in [1.807, 2.05) is 29.2 Å². The molecule has 1 aromatic heterocycles. The third-order valence-corrected chi connectivity index (χ3v) is 5.69. The fourth-order valence-corrected chi connectivity index (χ4v) is 4.00. The quantitative estimate of drug-likeness (QED) is 0.696. The predicted octanol–water partition coefficient (Wildman–Crippen LogP) is 1.92. The highest BCUT2D eigenvalue weighted by atomic mass is 16.5. The second kappa shape index (κ2) is 9.20. The first-order chi connectivity index (χ1) is 15.1. The molecule has 2 aromatic rings. The van der Waals surface area contributed by atoms with Gasteiger partial charge in [-0.05, 0) is 24.3 Å². The van der Waals surface area contributed by atoms with Gasteiger partial charge in [-0.25, -0.2) is 4.98 Å². The maximum Gasteiger partial charge on any atom is 0.319 e. The van der Waals surface area contributed by atoms with Gasteiger partial charge in [-0.2, -0.15) is 4.98 Å². The number of rotatable bonds is 6. The number of methoxy groups -OCH3 is 2. The lowest BCUT2D eigenvalue weighted by atomic mass is 10.0. The number of ether oxygens (including phenoxy) is 3. The SMILES string of the molecule is COc1ccc(N2CC(C(=O)N3CCC(Oc4ccnc(OC)n4)CC3)CC2=O)cc1. The van der Waals surface area contributed by atoms with E-state index in [1.165, 1.54) is 7.11 Å². The van der Waals surface area contributed by atoms with Crippen molar-refractivity contribution in [3.8, 4) is 17.6 Å². The van der Waals surface area contributed by atoms with Crippen LogP contribution in [0, 0.1) is 5.92 Å². The van der Waals surface area contributed by atoms with E-state index < -0.39 is 0 Å². The van der Waals surface area contributed by atoms with Crippen molar-refractivity contribution in [3.05, 3.63) is 36.5 Å². The van der Waals surface area contributed by atoms with Crippen LogP contribution in [-0.4, -0.2) is 66.6 Å². The van der Waals surface area contributed by atoms with E-state index in [-0.39, 0.29) is 36.3 Å². The lowest BCUT2D eigenvalue weighted by Gasteiger charge is -2.33. The van der Waals surface area contributed by atoms with Crippen LogP contribution >= 0.6 is 0 Å². The van der Waals surface area contributed by atoms with Crippen molar-refractivity contribution in [2.75, 3.05) is 38.8 Å². The molecule has 164 valence electrons. The summed E-state index contributed by atoms with van der Waals surface area (Å²) in [5, 5.41) is 0. The van der Waals surface area contributed by atoms with Crippen molar-refractivity contribution < 1.29 is 23.8 Å². The molecule has 4 rings (SSSR count). The van der Waals surface area contributed by atoms with E-state index in [4.69, 9.17) is 14.2 Å². The molecule has 3 heterocycles. The van der Waals surface area contributed by atoms with E-state index >= 15 is 0 Å². The molecule has 2 aliphatic rings. The van der Waals surface area contributed by atoms with Gasteiger partial charge in [0.2, 0.25) is 17.7 Å². The number of piperidine rings is 1. The fraction of sp³-hybridized carbons (Fsp3) is 0.455. The Bertz CT molecular complexity index is 928. The second-order valence-corrected chi connectivity index (χ2v) is 7.63. The fourth-order valence-electron chi connectivity index (χ4n) is 4.00. The van der Waals surface area contributed by atoms with E-state index in [2.05, 4.69) is 9.97 Å². The van der Waals surface area contributed by atoms with Gasteiger partial charge in [0.25, 0.3) is 0 Å². The highest BCUT2D eigenvalue weighted by Crippen LogP contribution is 2.29.